The van der Waals surface area contributed by atoms with Crippen molar-refractivity contribution in [2.24, 2.45) is 0 Å². The molecule has 3 amide bonds. The number of hydrogen-bond donors (Lipinski definition) is 2. The number of hydrogen-bond acceptors (Lipinski definition) is 5. The third-order valence-electron chi connectivity index (χ3n) is 5.90. The van der Waals surface area contributed by atoms with Crippen molar-refractivity contribution in [3.63, 3.8) is 0 Å². The van der Waals surface area contributed by atoms with Gasteiger partial charge in [0, 0.05) is 38.4 Å². The maximum atomic E-state index is 12.6. The predicted octanol–water partition coefficient (Wildman–Crippen LogP) is 1.29. The Morgan fingerprint density at radius 1 is 1.03 bits per heavy atom. The van der Waals surface area contributed by atoms with E-state index in [0.717, 1.165) is 12.8 Å². The van der Waals surface area contributed by atoms with Gasteiger partial charge in [0.05, 0.1) is 12.7 Å². The number of amides is 3. The monoisotopic (exact) mass is 412 g/mol. The fraction of sp³-hybridized carbons (Fsp3) is 0.524. The number of nitrogens with zero attached hydrogens (tertiary/aromatic N) is 4. The highest BCUT2D eigenvalue weighted by molar-refractivity contribution is 5.81. The summed E-state index contributed by atoms with van der Waals surface area (Å²) in [4.78, 5) is 45.2. The fourth-order valence-electron chi connectivity index (χ4n) is 4.10. The molecule has 9 nitrogen and oxygen atoms in total. The van der Waals surface area contributed by atoms with Crippen LogP contribution in [0.5, 0.6) is 0 Å². The molecule has 0 bridgehead atoms. The number of aromatic nitrogens is 2. The van der Waals surface area contributed by atoms with Crippen LogP contribution in [0.1, 0.15) is 32.1 Å². The van der Waals surface area contributed by atoms with E-state index in [4.69, 9.17) is 0 Å². The van der Waals surface area contributed by atoms with Crippen LogP contribution in [0.3, 0.4) is 0 Å². The lowest BCUT2D eigenvalue weighted by molar-refractivity contribution is -0.130. The van der Waals surface area contributed by atoms with E-state index in [1.165, 1.54) is 29.9 Å². The predicted molar refractivity (Wildman–Crippen MR) is 114 cm³/mol. The molecular weight excluding hydrogens is 384 g/mol. The number of rotatable bonds is 4. The van der Waals surface area contributed by atoms with Crippen molar-refractivity contribution in [2.75, 3.05) is 38.0 Å². The molecule has 0 aromatic carbocycles. The van der Waals surface area contributed by atoms with E-state index in [2.05, 4.69) is 15.6 Å². The number of fused-ring (bicyclic) bond motifs is 1. The first-order valence-electron chi connectivity index (χ1n) is 10.7. The number of piperazine rings is 1. The van der Waals surface area contributed by atoms with E-state index in [1.807, 2.05) is 6.07 Å². The van der Waals surface area contributed by atoms with Gasteiger partial charge in [-0.25, -0.2) is 9.78 Å². The molecule has 0 spiro atoms. The van der Waals surface area contributed by atoms with Crippen LogP contribution in [-0.2, 0) is 4.79 Å². The summed E-state index contributed by atoms with van der Waals surface area (Å²) >= 11 is 0. The summed E-state index contributed by atoms with van der Waals surface area (Å²) in [6.07, 6.45) is 8.82. The van der Waals surface area contributed by atoms with Crippen molar-refractivity contribution in [1.29, 1.82) is 0 Å². The summed E-state index contributed by atoms with van der Waals surface area (Å²) in [5, 5.41) is 6.04. The Kier molecular flexibility index (Phi) is 6.15. The summed E-state index contributed by atoms with van der Waals surface area (Å²) in [5.74, 6) is -0.0973. The van der Waals surface area contributed by atoms with E-state index in [9.17, 15) is 14.4 Å². The number of urea groups is 1. The second kappa shape index (κ2) is 9.15. The van der Waals surface area contributed by atoms with Gasteiger partial charge in [-0.2, -0.15) is 0 Å². The summed E-state index contributed by atoms with van der Waals surface area (Å²) < 4.78 is 1.44. The average Bonchev–Trinajstić information content (AvgIpc) is 2.79. The van der Waals surface area contributed by atoms with Crippen LogP contribution >= 0.6 is 0 Å². The van der Waals surface area contributed by atoms with E-state index < -0.39 is 0 Å². The largest absolute Gasteiger partial charge is 0.370 e. The number of pyridine rings is 1. The molecule has 1 aliphatic carbocycles. The Hall–Kier alpha value is -3.10. The minimum Gasteiger partial charge on any atom is -0.370 e. The molecule has 30 heavy (non-hydrogen) atoms. The van der Waals surface area contributed by atoms with Crippen molar-refractivity contribution in [2.45, 2.75) is 38.1 Å². The molecule has 2 fully saturated rings. The van der Waals surface area contributed by atoms with Crippen molar-refractivity contribution >= 4 is 23.3 Å². The molecule has 9 heteroatoms. The Morgan fingerprint density at radius 2 is 1.77 bits per heavy atom. The molecule has 1 saturated carbocycles. The zero-order valence-corrected chi connectivity index (χ0v) is 17.0. The van der Waals surface area contributed by atoms with E-state index in [0.29, 0.717) is 31.8 Å². The smallest absolute Gasteiger partial charge is 0.317 e. The second-order valence-corrected chi connectivity index (χ2v) is 7.91. The van der Waals surface area contributed by atoms with Gasteiger partial charge >= 0.3 is 6.03 Å². The minimum atomic E-state index is -0.238. The topological polar surface area (TPSA) is 99.1 Å². The van der Waals surface area contributed by atoms with Gasteiger partial charge in [0.25, 0.3) is 5.56 Å². The van der Waals surface area contributed by atoms with Crippen molar-refractivity contribution < 1.29 is 9.59 Å². The highest BCUT2D eigenvalue weighted by Gasteiger charge is 2.26. The lowest BCUT2D eigenvalue weighted by Gasteiger charge is -2.36. The first-order chi connectivity index (χ1) is 14.6. The molecule has 2 aromatic heterocycles. The van der Waals surface area contributed by atoms with Crippen molar-refractivity contribution in [3.8, 4) is 0 Å². The molecule has 2 aliphatic rings. The van der Waals surface area contributed by atoms with Crippen LogP contribution < -0.4 is 16.2 Å². The van der Waals surface area contributed by atoms with E-state index in [-0.39, 0.29) is 35.8 Å². The number of anilines is 1. The highest BCUT2D eigenvalue weighted by atomic mass is 16.2. The normalized spacial score (nSPS) is 17.7. The first-order valence-corrected chi connectivity index (χ1v) is 10.7. The molecule has 1 aliphatic heterocycles. The van der Waals surface area contributed by atoms with Gasteiger partial charge in [-0.3, -0.25) is 14.0 Å². The third-order valence-corrected chi connectivity index (χ3v) is 5.90. The van der Waals surface area contributed by atoms with Gasteiger partial charge in [0.2, 0.25) is 5.91 Å². The van der Waals surface area contributed by atoms with Gasteiger partial charge in [-0.1, -0.05) is 25.3 Å². The van der Waals surface area contributed by atoms with Gasteiger partial charge in [-0.15, -0.1) is 0 Å². The molecule has 2 N–H and O–H groups in total. The van der Waals surface area contributed by atoms with Crippen LogP contribution in [0.25, 0.3) is 5.65 Å². The van der Waals surface area contributed by atoms with Gasteiger partial charge in [0.15, 0.2) is 0 Å². The Labute approximate surface area is 175 Å². The first kappa shape index (κ1) is 20.2. The Morgan fingerprint density at radius 3 is 2.53 bits per heavy atom. The van der Waals surface area contributed by atoms with Crippen molar-refractivity contribution in [1.82, 2.24) is 24.5 Å². The summed E-state index contributed by atoms with van der Waals surface area (Å²) in [5.41, 5.74) is 0.608. The standard InChI is InChI=1S/C21H28N6O3/c28-19(15-22-17-14-23-18-8-4-5-9-27(18)20(17)29)25-10-12-26(13-11-25)21(30)24-16-6-2-1-3-7-16/h4-5,8-9,14,16,22H,1-3,6-7,10-13,15H2,(H,24,30). The minimum absolute atomic E-state index is 0.0179. The highest BCUT2D eigenvalue weighted by Crippen LogP contribution is 2.17. The Bertz CT molecular complexity index is 961. The summed E-state index contributed by atoms with van der Waals surface area (Å²) in [7, 11) is 0. The zero-order chi connectivity index (χ0) is 20.9. The Balaban J connectivity index is 1.26. The van der Waals surface area contributed by atoms with E-state index in [1.54, 1.807) is 28.1 Å². The lowest BCUT2D eigenvalue weighted by atomic mass is 9.96. The van der Waals surface area contributed by atoms with Gasteiger partial charge in [-0.05, 0) is 25.0 Å². The van der Waals surface area contributed by atoms with Crippen LogP contribution in [0, 0.1) is 0 Å². The molecule has 1 saturated heterocycles. The molecule has 4 rings (SSSR count). The fourth-order valence-corrected chi connectivity index (χ4v) is 4.10. The molecule has 0 unspecified atom stereocenters. The van der Waals surface area contributed by atoms with E-state index >= 15 is 0 Å². The maximum absolute atomic E-state index is 12.6. The number of nitrogens with one attached hydrogen (secondary N) is 2. The lowest BCUT2D eigenvalue weighted by Crippen LogP contribution is -2.55. The molecule has 0 atom stereocenters. The van der Waals surface area contributed by atoms with Crippen LogP contribution in [-0.4, -0.2) is 69.9 Å². The van der Waals surface area contributed by atoms with Gasteiger partial charge in [0.1, 0.15) is 11.3 Å². The van der Waals surface area contributed by atoms with Crippen molar-refractivity contribution in [3.05, 3.63) is 40.9 Å². The summed E-state index contributed by atoms with van der Waals surface area (Å²) in [6, 6.07) is 5.58. The molecule has 160 valence electrons. The quantitative estimate of drug-likeness (QED) is 0.789. The molecule has 2 aromatic rings. The maximum Gasteiger partial charge on any atom is 0.317 e. The molecule has 0 radical (unpaired) electrons. The zero-order valence-electron chi connectivity index (χ0n) is 17.0. The van der Waals surface area contributed by atoms with Crippen LogP contribution in [0.4, 0.5) is 10.5 Å². The molecule has 3 heterocycles. The second-order valence-electron chi connectivity index (χ2n) is 7.91. The molecular formula is C21H28N6O3. The SMILES string of the molecule is O=C(CNc1cnc2ccccn2c1=O)N1CCN(C(=O)NC2CCCCC2)CC1. The van der Waals surface area contributed by atoms with Gasteiger partial charge < -0.3 is 20.4 Å². The average molecular weight is 412 g/mol. The summed E-state index contributed by atoms with van der Waals surface area (Å²) in [6.45, 7) is 2.04. The van der Waals surface area contributed by atoms with Crippen LogP contribution in [0.2, 0.25) is 0 Å². The number of carbonyl (C=O) groups excluding carboxylic acids is 2. The third kappa shape index (κ3) is 4.55. The van der Waals surface area contributed by atoms with Crippen LogP contribution in [0.15, 0.2) is 35.4 Å². The number of carbonyl (C=O) groups is 2.